The molecule has 109 heavy (non-hydrogen) atoms. The molecule has 0 atom stereocenters. The van der Waals surface area contributed by atoms with Crippen molar-refractivity contribution in [2.24, 2.45) is 0 Å². The van der Waals surface area contributed by atoms with E-state index in [1.807, 2.05) is 0 Å². The molecule has 500 valence electrons. The first-order valence-electron chi connectivity index (χ1n) is 38.4. The molecular weight excluding hydrogens is 1310 g/mol. The third-order valence-electron chi connectivity index (χ3n) is 26.6. The first-order chi connectivity index (χ1) is 54.1. The summed E-state index contributed by atoms with van der Waals surface area (Å²) in [4.78, 5) is 5.44. The zero-order valence-electron chi connectivity index (χ0n) is 59.2. The van der Waals surface area contributed by atoms with Gasteiger partial charge >= 0.3 is 0 Å². The van der Waals surface area contributed by atoms with Crippen LogP contribution >= 0.6 is 0 Å². The molecule has 17 aromatic carbocycles. The SMILES string of the molecule is c1ccc(-c2ccc(N3c4cc5c(cc4B4c6c3cc(-n3c7ccccc7c7ccccc73)cc6N(c3ccc6c(c3)C3(c7ccccc7-c7ccccc73)c3ccccc3-6)c3ccc6c(c34)-c3ccccc3C63c4ccccc4-c4ccccc43)-c3ccccc3C53c4ccccc4-c4ccccc43)cc2)cc1. The highest BCUT2D eigenvalue weighted by Gasteiger charge is 2.58. The highest BCUT2D eigenvalue weighted by molar-refractivity contribution is 7.01. The van der Waals surface area contributed by atoms with Gasteiger partial charge in [-0.05, 0) is 222 Å². The van der Waals surface area contributed by atoms with E-state index in [4.69, 9.17) is 0 Å². The minimum Gasteiger partial charge on any atom is -0.311 e. The lowest BCUT2D eigenvalue weighted by molar-refractivity contribution is 0.793. The minimum absolute atomic E-state index is 0.306. The molecule has 0 bridgehead atoms. The Morgan fingerprint density at radius 3 is 1.04 bits per heavy atom. The van der Waals surface area contributed by atoms with Crippen molar-refractivity contribution < 1.29 is 0 Å². The molecule has 2 aliphatic heterocycles. The van der Waals surface area contributed by atoms with Gasteiger partial charge in [-0.15, -0.1) is 0 Å². The van der Waals surface area contributed by atoms with Crippen LogP contribution in [-0.4, -0.2) is 11.3 Å². The van der Waals surface area contributed by atoms with E-state index in [2.05, 4.69) is 390 Å². The fourth-order valence-corrected chi connectivity index (χ4v) is 22.8. The molecule has 0 radical (unpaired) electrons. The Morgan fingerprint density at radius 1 is 0.202 bits per heavy atom. The molecule has 4 heteroatoms. The summed E-state index contributed by atoms with van der Waals surface area (Å²) in [5.74, 6) is 0. The van der Waals surface area contributed by atoms with Gasteiger partial charge < -0.3 is 14.4 Å². The van der Waals surface area contributed by atoms with Crippen molar-refractivity contribution in [3.8, 4) is 83.6 Å². The van der Waals surface area contributed by atoms with Crippen molar-refractivity contribution in [3.63, 3.8) is 0 Å². The molecule has 18 aromatic rings. The van der Waals surface area contributed by atoms with Gasteiger partial charge in [-0.3, -0.25) is 0 Å². The number of benzene rings is 17. The standard InChI is InChI=1S/C105H62BN3/c1-2-26-63(27-3-1)64-50-52-65(53-51-64)107-97-62-92-80(75-35-11-22-46-88(75)105(92)85-43-19-8-32-72(85)73-33-9-20-44-86(73)105)61-93(97)106-101-98(107)59-67(109-94-48-24-13-36-77(94)78-37-14-25-49-95(78)109)60-99(101)108(66-54-55-76-74-34-10-21-45-87(74)104(91(76)58-66)83-41-17-6-30-70(83)71-31-7-18-42-84(71)104)96-57-56-90-100(102(96)106)79-38-12-23-47-89(79)103(90)81-39-15-4-28-68(81)69-29-5-16-40-82(69)103/h1-62H. The first kappa shape index (κ1) is 58.5. The molecule has 0 fully saturated rings. The second-order valence-electron chi connectivity index (χ2n) is 31.1. The number of hydrogen-bond donors (Lipinski definition) is 0. The predicted molar refractivity (Wildman–Crippen MR) is 449 cm³/mol. The second-order valence-corrected chi connectivity index (χ2v) is 31.1. The smallest absolute Gasteiger partial charge is 0.252 e. The number of nitrogens with zero attached hydrogens (tertiary/aromatic N) is 3. The number of anilines is 6. The van der Waals surface area contributed by atoms with Crippen LogP contribution in [0.25, 0.3) is 105 Å². The van der Waals surface area contributed by atoms with Crippen LogP contribution in [0.4, 0.5) is 34.1 Å². The molecule has 6 aliphatic carbocycles. The topological polar surface area (TPSA) is 11.4 Å². The van der Waals surface area contributed by atoms with Crippen LogP contribution in [0.15, 0.2) is 376 Å². The number of fused-ring (bicyclic) bond motifs is 38. The highest BCUT2D eigenvalue weighted by atomic mass is 15.2. The lowest BCUT2D eigenvalue weighted by atomic mass is 9.32. The van der Waals surface area contributed by atoms with E-state index in [1.165, 1.54) is 183 Å². The van der Waals surface area contributed by atoms with Crippen molar-refractivity contribution in [1.82, 2.24) is 4.57 Å². The van der Waals surface area contributed by atoms with E-state index < -0.39 is 16.2 Å². The number of rotatable bonds is 4. The summed E-state index contributed by atoms with van der Waals surface area (Å²) < 4.78 is 2.56. The van der Waals surface area contributed by atoms with Gasteiger partial charge in [0.1, 0.15) is 0 Å². The van der Waals surface area contributed by atoms with Gasteiger partial charge in [0.15, 0.2) is 0 Å². The van der Waals surface area contributed by atoms with Crippen LogP contribution in [0.2, 0.25) is 0 Å². The van der Waals surface area contributed by atoms with Gasteiger partial charge in [-0.2, -0.15) is 0 Å². The molecule has 8 aliphatic rings. The largest absolute Gasteiger partial charge is 0.311 e. The number of hydrogen-bond acceptors (Lipinski definition) is 2. The molecule has 3 nitrogen and oxygen atoms in total. The maximum absolute atomic E-state index is 2.74. The Morgan fingerprint density at radius 2 is 0.560 bits per heavy atom. The van der Waals surface area contributed by atoms with Crippen LogP contribution in [0.5, 0.6) is 0 Å². The fourth-order valence-electron chi connectivity index (χ4n) is 22.8. The van der Waals surface area contributed by atoms with Crippen molar-refractivity contribution in [3.05, 3.63) is 443 Å². The van der Waals surface area contributed by atoms with Crippen LogP contribution in [0.1, 0.15) is 66.8 Å². The Kier molecular flexibility index (Phi) is 11.2. The Labute approximate surface area is 631 Å². The average Bonchev–Trinajstić information content (AvgIpc) is 1.55. The zero-order valence-corrected chi connectivity index (χ0v) is 59.2. The Balaban J connectivity index is 0.844. The summed E-state index contributed by atoms with van der Waals surface area (Å²) in [6, 6.07) is 146. The van der Waals surface area contributed by atoms with Gasteiger partial charge in [-0.1, -0.05) is 315 Å². The van der Waals surface area contributed by atoms with Crippen LogP contribution in [-0.2, 0) is 16.2 Å². The molecule has 0 unspecified atom stereocenters. The molecule has 3 heterocycles. The van der Waals surface area contributed by atoms with Crippen LogP contribution < -0.4 is 26.2 Å². The van der Waals surface area contributed by atoms with E-state index >= 15 is 0 Å². The lowest BCUT2D eigenvalue weighted by Gasteiger charge is -2.46. The van der Waals surface area contributed by atoms with Crippen molar-refractivity contribution in [2.45, 2.75) is 16.2 Å². The molecule has 1 aromatic heterocycles. The monoisotopic (exact) mass is 1380 g/mol. The third kappa shape index (κ3) is 6.96. The van der Waals surface area contributed by atoms with Gasteiger partial charge in [-0.25, -0.2) is 0 Å². The quantitative estimate of drug-likeness (QED) is 0.163. The molecule has 0 saturated heterocycles. The highest BCUT2D eigenvalue weighted by Crippen LogP contribution is 2.68. The van der Waals surface area contributed by atoms with Crippen molar-refractivity contribution in [2.75, 3.05) is 9.80 Å². The average molecular weight is 1380 g/mol. The van der Waals surface area contributed by atoms with Crippen molar-refractivity contribution >= 4 is 79.0 Å². The van der Waals surface area contributed by atoms with Crippen LogP contribution in [0.3, 0.4) is 0 Å². The molecule has 0 amide bonds. The molecular formula is C105H62BN3. The van der Waals surface area contributed by atoms with Crippen LogP contribution in [0, 0.1) is 0 Å². The maximum atomic E-state index is 2.74. The van der Waals surface area contributed by atoms with Gasteiger partial charge in [0.05, 0.1) is 33.0 Å². The molecule has 0 N–H and O–H groups in total. The lowest BCUT2D eigenvalue weighted by Crippen LogP contribution is -2.62. The number of para-hydroxylation sites is 2. The van der Waals surface area contributed by atoms with E-state index in [1.54, 1.807) is 0 Å². The predicted octanol–water partition coefficient (Wildman–Crippen LogP) is 23.6. The maximum Gasteiger partial charge on any atom is 0.252 e. The molecule has 3 spiro atoms. The van der Waals surface area contributed by atoms with E-state index in [-0.39, 0.29) is 6.71 Å². The first-order valence-corrected chi connectivity index (χ1v) is 38.4. The fraction of sp³-hybridized carbons (Fsp3) is 0.0286. The van der Waals surface area contributed by atoms with Gasteiger partial charge in [0, 0.05) is 44.9 Å². The number of aromatic nitrogens is 1. The summed E-state index contributed by atoms with van der Waals surface area (Å²) >= 11 is 0. The van der Waals surface area contributed by atoms with Crippen molar-refractivity contribution in [1.29, 1.82) is 0 Å². The normalized spacial score (nSPS) is 15.0. The zero-order chi connectivity index (χ0) is 70.7. The summed E-state index contributed by atoms with van der Waals surface area (Å²) in [6.45, 7) is -0.306. The Hall–Kier alpha value is -13.8. The van der Waals surface area contributed by atoms with E-state index in [0.29, 0.717) is 0 Å². The van der Waals surface area contributed by atoms with E-state index in [9.17, 15) is 0 Å². The van der Waals surface area contributed by atoms with Gasteiger partial charge in [0.2, 0.25) is 0 Å². The summed E-state index contributed by atoms with van der Waals surface area (Å²) in [7, 11) is 0. The second kappa shape index (κ2) is 20.8. The Bertz CT molecular complexity index is 6950. The summed E-state index contributed by atoms with van der Waals surface area (Å²) in [5, 5.41) is 2.44. The van der Waals surface area contributed by atoms with Gasteiger partial charge in [0.25, 0.3) is 6.71 Å². The summed E-state index contributed by atoms with van der Waals surface area (Å²) in [5.41, 5.74) is 46.0. The third-order valence-corrected chi connectivity index (χ3v) is 26.6. The molecule has 0 saturated carbocycles. The van der Waals surface area contributed by atoms with E-state index in [0.717, 1.165) is 39.5 Å². The minimum atomic E-state index is -0.617. The summed E-state index contributed by atoms with van der Waals surface area (Å²) in [6.07, 6.45) is 0. The molecule has 26 rings (SSSR count).